The van der Waals surface area contributed by atoms with Crippen molar-refractivity contribution in [3.63, 3.8) is 0 Å². The lowest BCUT2D eigenvalue weighted by atomic mass is 9.79. The lowest BCUT2D eigenvalue weighted by Gasteiger charge is -2.47. The van der Waals surface area contributed by atoms with Crippen molar-refractivity contribution in [3.05, 3.63) is 0 Å². The molecule has 3 heterocycles. The summed E-state index contributed by atoms with van der Waals surface area (Å²) in [5.74, 6) is -3.97. The Labute approximate surface area is 261 Å². The molecule has 14 atom stereocenters. The number of ether oxygens (including phenoxy) is 5. The van der Waals surface area contributed by atoms with E-state index in [9.17, 15) is 29.7 Å². The van der Waals surface area contributed by atoms with Crippen molar-refractivity contribution in [1.29, 1.82) is 0 Å². The van der Waals surface area contributed by atoms with Gasteiger partial charge in [-0.2, -0.15) is 0 Å². The molecule has 3 saturated heterocycles. The van der Waals surface area contributed by atoms with Gasteiger partial charge in [0.2, 0.25) is 5.91 Å². The number of aliphatic hydroxyl groups is 3. The molecule has 3 rings (SSSR count). The van der Waals surface area contributed by atoms with Crippen molar-refractivity contribution in [2.24, 2.45) is 17.8 Å². The zero-order valence-electron chi connectivity index (χ0n) is 28.1. The molecule has 1 amide bonds. The summed E-state index contributed by atoms with van der Waals surface area (Å²) in [7, 11) is 5.29. The average Bonchev–Trinajstić information content (AvgIpc) is 3.26. The lowest BCUT2D eigenvalue weighted by molar-refractivity contribution is -0.299. The van der Waals surface area contributed by atoms with E-state index in [1.165, 1.54) is 11.8 Å². The Hall–Kier alpha value is -2.03. The molecule has 3 aliphatic heterocycles. The Morgan fingerprint density at radius 3 is 2.18 bits per heavy atom. The van der Waals surface area contributed by atoms with E-state index >= 15 is 0 Å². The second-order valence-electron chi connectivity index (χ2n) is 13.8. The third kappa shape index (κ3) is 7.18. The molecule has 0 spiro atoms. The molecule has 13 nitrogen and oxygen atoms in total. The van der Waals surface area contributed by atoms with Crippen molar-refractivity contribution in [2.45, 2.75) is 141 Å². The number of aliphatic hydroxyl groups excluding tert-OH is 2. The highest BCUT2D eigenvalue weighted by Crippen LogP contribution is 2.40. The van der Waals surface area contributed by atoms with Crippen LogP contribution in [0.2, 0.25) is 0 Å². The number of fused-ring (bicyclic) bond motifs is 1. The van der Waals surface area contributed by atoms with Crippen LogP contribution >= 0.6 is 0 Å². The maximum atomic E-state index is 13.8. The molecule has 44 heavy (non-hydrogen) atoms. The summed E-state index contributed by atoms with van der Waals surface area (Å²) in [4.78, 5) is 43.0. The average molecular weight is 631 g/mol. The summed E-state index contributed by atoms with van der Waals surface area (Å²) in [6.07, 6.45) is -7.15. The van der Waals surface area contributed by atoms with Gasteiger partial charge in [0.15, 0.2) is 18.0 Å². The van der Waals surface area contributed by atoms with Crippen LogP contribution in [0.15, 0.2) is 0 Å². The number of cyclic esters (lactones) is 1. The molecule has 0 saturated carbocycles. The van der Waals surface area contributed by atoms with Crippen molar-refractivity contribution < 1.29 is 53.4 Å². The number of carbonyl (C=O) groups is 3. The van der Waals surface area contributed by atoms with Crippen LogP contribution in [0.25, 0.3) is 0 Å². The Morgan fingerprint density at radius 1 is 1.00 bits per heavy atom. The van der Waals surface area contributed by atoms with Crippen LogP contribution in [0, 0.1) is 17.8 Å². The highest BCUT2D eigenvalue weighted by atomic mass is 16.8. The summed E-state index contributed by atoms with van der Waals surface area (Å²) < 4.78 is 29.3. The first-order chi connectivity index (χ1) is 20.3. The van der Waals surface area contributed by atoms with E-state index in [1.54, 1.807) is 48.6 Å². The highest BCUT2D eigenvalue weighted by Gasteiger charge is 2.58. The first kappa shape index (κ1) is 36.4. The molecule has 0 bridgehead atoms. The van der Waals surface area contributed by atoms with Gasteiger partial charge in [0.25, 0.3) is 0 Å². The van der Waals surface area contributed by atoms with Gasteiger partial charge >= 0.3 is 12.1 Å². The second-order valence-corrected chi connectivity index (χ2v) is 13.8. The smallest absolute Gasteiger partial charge is 0.458 e. The third-order valence-electron chi connectivity index (χ3n) is 9.99. The van der Waals surface area contributed by atoms with Crippen molar-refractivity contribution in [2.75, 3.05) is 21.1 Å². The number of nitrogens with zero attached hydrogens (tertiary/aromatic N) is 2. The molecule has 0 aromatic rings. The van der Waals surface area contributed by atoms with Crippen LogP contribution in [0.1, 0.15) is 74.7 Å². The van der Waals surface area contributed by atoms with Crippen LogP contribution in [0.4, 0.5) is 4.79 Å². The van der Waals surface area contributed by atoms with Gasteiger partial charge in [0.05, 0.1) is 35.7 Å². The normalized spacial score (nSPS) is 46.4. The molecule has 0 aromatic heterocycles. The number of hydrogen-bond donors (Lipinski definition) is 3. The number of hydrogen-bond acceptors (Lipinski definition) is 12. The van der Waals surface area contributed by atoms with E-state index in [0.717, 1.165) is 0 Å². The van der Waals surface area contributed by atoms with Crippen molar-refractivity contribution in [1.82, 2.24) is 9.80 Å². The molecule has 0 radical (unpaired) electrons. The van der Waals surface area contributed by atoms with E-state index in [1.807, 2.05) is 25.9 Å². The van der Waals surface area contributed by atoms with Crippen LogP contribution in [-0.4, -0.2) is 130 Å². The molecule has 3 N–H and O–H groups in total. The van der Waals surface area contributed by atoms with Gasteiger partial charge < -0.3 is 48.8 Å². The van der Waals surface area contributed by atoms with Crippen molar-refractivity contribution >= 4 is 18.0 Å². The molecular formula is C31H54N2O11. The molecule has 0 aromatic carbocycles. The lowest BCUT2D eigenvalue weighted by Crippen LogP contribution is -2.59. The Kier molecular flexibility index (Phi) is 11.4. The van der Waals surface area contributed by atoms with E-state index in [4.69, 9.17) is 23.7 Å². The monoisotopic (exact) mass is 630 g/mol. The maximum Gasteiger partial charge on any atom is 0.509 e. The van der Waals surface area contributed by atoms with Crippen LogP contribution in [0.3, 0.4) is 0 Å². The summed E-state index contributed by atoms with van der Waals surface area (Å²) in [5.41, 5.74) is -3.15. The summed E-state index contributed by atoms with van der Waals surface area (Å²) in [6.45, 7) is 13.3. The first-order valence-electron chi connectivity index (χ1n) is 15.7. The standard InChI is InChI=1S/C31H54N2O11/c1-12-21-31(8)25(43-29(38)44-31)19(6)26(36)33(11)15(2)14-30(7,39)24(17(4)22(34)18(5)27(37)41-21)42-28-23(35)20(32(9)10)13-16(3)40-28/h15-25,28,34-35,39H,12-14H2,1-11H3/t15-,16-,17+,18-,19+,20+,21-,22+,23-,24-,25-,28+,30-,31-/m1/s1. The van der Waals surface area contributed by atoms with E-state index < -0.39 is 83.9 Å². The Balaban J connectivity index is 2.06. The predicted octanol–water partition coefficient (Wildman–Crippen LogP) is 1.68. The second kappa shape index (κ2) is 13.8. The fourth-order valence-corrected chi connectivity index (χ4v) is 7.11. The topological polar surface area (TPSA) is 165 Å². The number of esters is 1. The molecule has 13 heteroatoms. The van der Waals surface area contributed by atoms with Crippen LogP contribution < -0.4 is 0 Å². The molecule has 0 aliphatic carbocycles. The highest BCUT2D eigenvalue weighted by molar-refractivity contribution is 5.80. The number of likely N-dealkylation sites (N-methyl/N-ethyl adjacent to an activating group) is 1. The van der Waals surface area contributed by atoms with E-state index in [-0.39, 0.29) is 30.9 Å². The summed E-state index contributed by atoms with van der Waals surface area (Å²) in [5, 5.41) is 34.8. The van der Waals surface area contributed by atoms with Gasteiger partial charge in [-0.15, -0.1) is 0 Å². The molecule has 0 unspecified atom stereocenters. The summed E-state index contributed by atoms with van der Waals surface area (Å²) >= 11 is 0. The molecule has 3 fully saturated rings. The van der Waals surface area contributed by atoms with Crippen molar-refractivity contribution in [3.8, 4) is 0 Å². The van der Waals surface area contributed by atoms with E-state index in [2.05, 4.69) is 0 Å². The minimum Gasteiger partial charge on any atom is -0.458 e. The third-order valence-corrected chi connectivity index (χ3v) is 9.99. The zero-order valence-corrected chi connectivity index (χ0v) is 28.1. The number of amides is 1. The molecule has 254 valence electrons. The Morgan fingerprint density at radius 2 is 1.61 bits per heavy atom. The van der Waals surface area contributed by atoms with Gasteiger partial charge in [-0.25, -0.2) is 4.79 Å². The summed E-state index contributed by atoms with van der Waals surface area (Å²) in [6, 6.07) is -0.829. The number of rotatable bonds is 4. The fraction of sp³-hybridized carbons (Fsp3) is 0.903. The van der Waals surface area contributed by atoms with Gasteiger partial charge in [-0.05, 0) is 74.9 Å². The maximum absolute atomic E-state index is 13.8. The minimum atomic E-state index is -1.68. The largest absolute Gasteiger partial charge is 0.509 e. The van der Waals surface area contributed by atoms with Gasteiger partial charge in [0.1, 0.15) is 12.2 Å². The molecule has 3 aliphatic rings. The first-order valence-corrected chi connectivity index (χ1v) is 15.7. The predicted molar refractivity (Wildman–Crippen MR) is 158 cm³/mol. The quantitative estimate of drug-likeness (QED) is 0.386. The van der Waals surface area contributed by atoms with Crippen LogP contribution in [-0.2, 0) is 33.3 Å². The zero-order chi connectivity index (χ0) is 33.5. The SMILES string of the molecule is CC[C@H]1OC(=O)[C@H](C)[C@@H](O)[C@H](C)[C@@H](O[C@@H]2O[C@H](C)C[C@H](N(C)C)[C@H]2O)[C@](C)(O)C[C@@H](C)N(C)C(=O)[C@@H](C)[C@H]2OC(=O)O[C@@]21C. The van der Waals surface area contributed by atoms with Gasteiger partial charge in [-0.3, -0.25) is 9.59 Å². The Bertz CT molecular complexity index is 1040. The van der Waals surface area contributed by atoms with Gasteiger partial charge in [-0.1, -0.05) is 13.8 Å². The fourth-order valence-electron chi connectivity index (χ4n) is 7.11. The van der Waals surface area contributed by atoms with Crippen LogP contribution in [0.5, 0.6) is 0 Å². The van der Waals surface area contributed by atoms with Gasteiger partial charge in [0, 0.05) is 25.0 Å². The number of carbonyl (C=O) groups excluding carboxylic acids is 3. The minimum absolute atomic E-state index is 0.00774. The van der Waals surface area contributed by atoms with E-state index in [0.29, 0.717) is 6.42 Å². The molecular weight excluding hydrogens is 576 g/mol.